The van der Waals surface area contributed by atoms with Gasteiger partial charge in [-0.1, -0.05) is 41.4 Å². The van der Waals surface area contributed by atoms with Crippen molar-refractivity contribution in [1.29, 1.82) is 0 Å². The molecule has 0 aliphatic carbocycles. The molecule has 1 N–H and O–H groups in total. The second-order valence-corrected chi connectivity index (χ2v) is 7.33. The number of hydrogen-bond acceptors (Lipinski definition) is 3. The van der Waals surface area contributed by atoms with Gasteiger partial charge in [-0.15, -0.1) is 11.8 Å². The zero-order chi connectivity index (χ0) is 16.2. The molecule has 1 atom stereocenters. The van der Waals surface area contributed by atoms with Gasteiger partial charge in [-0.2, -0.15) is 0 Å². The monoisotopic (exact) mass is 364 g/mol. The summed E-state index contributed by atoms with van der Waals surface area (Å²) in [6, 6.07) is 12.3. The lowest BCUT2D eigenvalue weighted by Crippen LogP contribution is -2.47. The molecule has 1 saturated heterocycles. The van der Waals surface area contributed by atoms with Crippen molar-refractivity contribution in [2.24, 2.45) is 0 Å². The van der Waals surface area contributed by atoms with E-state index in [2.05, 4.69) is 5.32 Å². The van der Waals surface area contributed by atoms with Crippen LogP contribution < -0.4 is 10.2 Å². The molecule has 116 valence electrons. The van der Waals surface area contributed by atoms with Gasteiger partial charge in [0.15, 0.2) is 0 Å². The fraction of sp³-hybridized carbons (Fsp3) is 0.125. The lowest BCUT2D eigenvalue weighted by molar-refractivity contribution is -0.122. The number of para-hydroxylation sites is 1. The van der Waals surface area contributed by atoms with Gasteiger partial charge >= 0.3 is 0 Å². The van der Waals surface area contributed by atoms with E-state index in [4.69, 9.17) is 23.2 Å². The first-order valence-corrected chi connectivity index (χ1v) is 8.60. The topological polar surface area (TPSA) is 49.4 Å². The second kappa shape index (κ2) is 5.16. The van der Waals surface area contributed by atoms with E-state index in [0.29, 0.717) is 15.7 Å². The van der Waals surface area contributed by atoms with Crippen LogP contribution in [0.15, 0.2) is 42.5 Å². The van der Waals surface area contributed by atoms with E-state index in [1.807, 2.05) is 24.3 Å². The van der Waals surface area contributed by atoms with Crippen LogP contribution in [0.4, 0.5) is 11.4 Å². The number of nitrogens with one attached hydrogen (secondary N) is 1. The fourth-order valence-electron chi connectivity index (χ4n) is 3.05. The molecule has 2 aromatic carbocycles. The summed E-state index contributed by atoms with van der Waals surface area (Å²) >= 11 is 13.5. The molecule has 2 aromatic rings. The molecule has 2 amide bonds. The van der Waals surface area contributed by atoms with E-state index in [9.17, 15) is 9.59 Å². The summed E-state index contributed by atoms with van der Waals surface area (Å²) in [5.41, 5.74) is 2.01. The van der Waals surface area contributed by atoms with Gasteiger partial charge in [0.05, 0.1) is 5.75 Å². The SMILES string of the molecule is O=C1CS[C@@]2(C(=O)Nc3ccccc32)N1c1cc(Cl)cc(Cl)c1. The highest BCUT2D eigenvalue weighted by molar-refractivity contribution is 8.02. The molecular weight excluding hydrogens is 355 g/mol. The first kappa shape index (κ1) is 14.9. The average Bonchev–Trinajstić information content (AvgIpc) is 2.98. The van der Waals surface area contributed by atoms with Crippen LogP contribution in [0.1, 0.15) is 5.56 Å². The van der Waals surface area contributed by atoms with Crippen LogP contribution in [0.2, 0.25) is 10.0 Å². The Labute approximate surface area is 146 Å². The minimum absolute atomic E-state index is 0.153. The van der Waals surface area contributed by atoms with E-state index >= 15 is 0 Å². The van der Waals surface area contributed by atoms with Gasteiger partial charge in [-0.05, 0) is 24.3 Å². The van der Waals surface area contributed by atoms with Gasteiger partial charge in [0.1, 0.15) is 0 Å². The minimum atomic E-state index is -1.11. The number of carbonyl (C=O) groups excluding carboxylic acids is 2. The molecular formula is C16H10Cl2N2O2S. The number of thioether (sulfide) groups is 1. The summed E-state index contributed by atoms with van der Waals surface area (Å²) in [5.74, 6) is -0.169. The van der Waals surface area contributed by atoms with Gasteiger partial charge in [0, 0.05) is 27.0 Å². The van der Waals surface area contributed by atoms with Crippen LogP contribution in [-0.2, 0) is 14.5 Å². The summed E-state index contributed by atoms with van der Waals surface area (Å²) in [6.07, 6.45) is 0. The molecule has 0 bridgehead atoms. The molecule has 0 saturated carbocycles. The van der Waals surface area contributed by atoms with Gasteiger partial charge in [-0.3, -0.25) is 14.5 Å². The van der Waals surface area contributed by atoms with Crippen molar-refractivity contribution in [3.8, 4) is 0 Å². The number of nitrogens with zero attached hydrogens (tertiary/aromatic N) is 1. The van der Waals surface area contributed by atoms with Gasteiger partial charge in [0.2, 0.25) is 10.8 Å². The number of amides is 2. The molecule has 2 aliphatic heterocycles. The summed E-state index contributed by atoms with van der Waals surface area (Å²) < 4.78 is 0. The Balaban J connectivity index is 1.95. The van der Waals surface area contributed by atoms with Crippen LogP contribution in [0, 0.1) is 0 Å². The van der Waals surface area contributed by atoms with Crippen LogP contribution >= 0.6 is 35.0 Å². The predicted octanol–water partition coefficient (Wildman–Crippen LogP) is 3.88. The lowest BCUT2D eigenvalue weighted by Gasteiger charge is -2.32. The Hall–Kier alpha value is -1.69. The number of hydrogen-bond donors (Lipinski definition) is 1. The normalized spacial score (nSPS) is 22.6. The predicted molar refractivity (Wildman–Crippen MR) is 93.2 cm³/mol. The van der Waals surface area contributed by atoms with Gasteiger partial charge < -0.3 is 5.32 Å². The standard InChI is InChI=1S/C16H10Cl2N2O2S/c17-9-5-10(18)7-11(6-9)20-14(21)8-23-16(20)12-3-1-2-4-13(12)19-15(16)22/h1-7H,8H2,(H,19,22)/t16-/m0/s1. The number of benzene rings is 2. The Morgan fingerprint density at radius 3 is 2.52 bits per heavy atom. The Morgan fingerprint density at radius 1 is 1.09 bits per heavy atom. The molecule has 0 radical (unpaired) electrons. The fourth-order valence-corrected chi connectivity index (χ4v) is 4.88. The Morgan fingerprint density at radius 2 is 1.78 bits per heavy atom. The third-order valence-electron chi connectivity index (χ3n) is 3.92. The van der Waals surface area contributed by atoms with Gasteiger partial charge in [-0.25, -0.2) is 0 Å². The molecule has 7 heteroatoms. The summed E-state index contributed by atoms with van der Waals surface area (Å²) in [7, 11) is 0. The highest BCUT2D eigenvalue weighted by Crippen LogP contribution is 2.53. The van der Waals surface area contributed by atoms with Crippen LogP contribution in [0.5, 0.6) is 0 Å². The highest BCUT2D eigenvalue weighted by Gasteiger charge is 2.58. The van der Waals surface area contributed by atoms with Crippen molar-refractivity contribution < 1.29 is 9.59 Å². The van der Waals surface area contributed by atoms with E-state index in [0.717, 1.165) is 11.3 Å². The van der Waals surface area contributed by atoms with E-state index in [1.54, 1.807) is 18.2 Å². The first-order chi connectivity index (χ1) is 11.0. The number of halogens is 2. The number of rotatable bonds is 1. The van der Waals surface area contributed by atoms with Crippen LogP contribution in [0.3, 0.4) is 0 Å². The van der Waals surface area contributed by atoms with Crippen molar-refractivity contribution in [1.82, 2.24) is 0 Å². The molecule has 4 nitrogen and oxygen atoms in total. The summed E-state index contributed by atoms with van der Waals surface area (Å²) in [5, 5.41) is 3.69. The third-order valence-corrected chi connectivity index (χ3v) is 5.76. The summed E-state index contributed by atoms with van der Waals surface area (Å²) in [4.78, 5) is 25.7. The van der Waals surface area contributed by atoms with Crippen molar-refractivity contribution in [3.05, 3.63) is 58.1 Å². The number of anilines is 2. The third kappa shape index (κ3) is 2.07. The van der Waals surface area contributed by atoms with E-state index in [1.165, 1.54) is 16.7 Å². The Bertz CT molecular complexity index is 837. The molecule has 0 unspecified atom stereocenters. The number of carbonyl (C=O) groups is 2. The molecule has 2 heterocycles. The van der Waals surface area contributed by atoms with Crippen molar-refractivity contribution in [2.75, 3.05) is 16.0 Å². The van der Waals surface area contributed by atoms with Gasteiger partial charge in [0.25, 0.3) is 5.91 Å². The first-order valence-electron chi connectivity index (χ1n) is 6.86. The molecule has 4 rings (SSSR count). The van der Waals surface area contributed by atoms with Crippen molar-refractivity contribution >= 4 is 58.2 Å². The molecule has 0 aromatic heterocycles. The van der Waals surface area contributed by atoms with E-state index in [-0.39, 0.29) is 17.6 Å². The Kier molecular flexibility index (Phi) is 3.34. The molecule has 2 aliphatic rings. The minimum Gasteiger partial charge on any atom is -0.323 e. The molecule has 23 heavy (non-hydrogen) atoms. The highest BCUT2D eigenvalue weighted by atomic mass is 35.5. The zero-order valence-corrected chi connectivity index (χ0v) is 14.0. The molecule has 1 fully saturated rings. The maximum absolute atomic E-state index is 12.8. The number of fused-ring (bicyclic) bond motifs is 2. The van der Waals surface area contributed by atoms with Crippen LogP contribution in [-0.4, -0.2) is 17.6 Å². The van der Waals surface area contributed by atoms with Crippen molar-refractivity contribution in [3.63, 3.8) is 0 Å². The molecule has 1 spiro atoms. The largest absolute Gasteiger partial charge is 0.323 e. The lowest BCUT2D eigenvalue weighted by atomic mass is 10.0. The summed E-state index contributed by atoms with van der Waals surface area (Å²) in [6.45, 7) is 0. The van der Waals surface area contributed by atoms with E-state index < -0.39 is 4.87 Å². The van der Waals surface area contributed by atoms with Crippen LogP contribution in [0.25, 0.3) is 0 Å². The second-order valence-electron chi connectivity index (χ2n) is 5.29. The zero-order valence-electron chi connectivity index (χ0n) is 11.7. The van der Waals surface area contributed by atoms with Crippen molar-refractivity contribution in [2.45, 2.75) is 4.87 Å². The average molecular weight is 365 g/mol. The smallest absolute Gasteiger partial charge is 0.266 e. The maximum atomic E-state index is 12.8. The quantitative estimate of drug-likeness (QED) is 0.835. The maximum Gasteiger partial charge on any atom is 0.266 e.